The summed E-state index contributed by atoms with van der Waals surface area (Å²) in [5.41, 5.74) is 2.74. The van der Waals surface area contributed by atoms with Crippen LogP contribution in [0.15, 0.2) is 59.1 Å². The number of hydrogen-bond donors (Lipinski definition) is 0. The van der Waals surface area contributed by atoms with Crippen molar-refractivity contribution in [2.45, 2.75) is 19.3 Å². The van der Waals surface area contributed by atoms with E-state index in [1.807, 2.05) is 24.3 Å². The van der Waals surface area contributed by atoms with Gasteiger partial charge in [-0.1, -0.05) is 22.0 Å². The van der Waals surface area contributed by atoms with E-state index in [2.05, 4.69) is 20.8 Å². The van der Waals surface area contributed by atoms with E-state index in [4.69, 9.17) is 4.74 Å². The molecule has 8 heteroatoms. The highest BCUT2D eigenvalue weighted by Crippen LogP contribution is 2.29. The Morgan fingerprint density at radius 2 is 1.66 bits per heavy atom. The summed E-state index contributed by atoms with van der Waals surface area (Å²) < 4.78 is 48.2. The number of rotatable bonds is 7. The van der Waals surface area contributed by atoms with Crippen LogP contribution in [0.25, 0.3) is 0 Å². The van der Waals surface area contributed by atoms with Gasteiger partial charge in [0.1, 0.15) is 23.2 Å². The summed E-state index contributed by atoms with van der Waals surface area (Å²) in [7, 11) is 1.62. The van der Waals surface area contributed by atoms with E-state index in [0.29, 0.717) is 50.1 Å². The van der Waals surface area contributed by atoms with Gasteiger partial charge in [0.25, 0.3) is 0 Å². The first-order valence-electron chi connectivity index (χ1n) is 11.4. The smallest absolute Gasteiger partial charge is 0.227 e. The Labute approximate surface area is 211 Å². The van der Waals surface area contributed by atoms with E-state index in [0.717, 1.165) is 27.5 Å². The first-order valence-corrected chi connectivity index (χ1v) is 12.2. The zero-order chi connectivity index (χ0) is 24.9. The number of aryl methyl sites for hydroxylation is 1. The molecular formula is C27H26BrF3N2O2. The number of piperazine rings is 1. The predicted octanol–water partition coefficient (Wildman–Crippen LogP) is 5.55. The molecule has 1 heterocycles. The topological polar surface area (TPSA) is 32.8 Å². The number of amides is 1. The first kappa shape index (κ1) is 25.1. The summed E-state index contributed by atoms with van der Waals surface area (Å²) in [6.45, 7) is 1.98. The van der Waals surface area contributed by atoms with Crippen LogP contribution in [-0.2, 0) is 24.1 Å². The maximum absolute atomic E-state index is 14.9. The average Bonchev–Trinajstić information content (AvgIpc) is 2.82. The Kier molecular flexibility index (Phi) is 8.00. The van der Waals surface area contributed by atoms with Crippen molar-refractivity contribution >= 4 is 27.5 Å². The lowest BCUT2D eigenvalue weighted by atomic mass is 10.0. The van der Waals surface area contributed by atoms with Crippen molar-refractivity contribution in [3.8, 4) is 5.75 Å². The van der Waals surface area contributed by atoms with E-state index in [1.54, 1.807) is 18.1 Å². The number of carbonyl (C=O) groups is 1. The Balaban J connectivity index is 1.42. The second-order valence-electron chi connectivity index (χ2n) is 8.52. The lowest BCUT2D eigenvalue weighted by Crippen LogP contribution is -2.49. The fourth-order valence-corrected chi connectivity index (χ4v) is 4.90. The molecule has 3 aromatic rings. The van der Waals surface area contributed by atoms with E-state index in [1.165, 1.54) is 18.2 Å². The standard InChI is InChI=1S/C27H26BrF3N2O2/c1-35-26-8-6-20(28)16-19(26)5-7-23-24(31)3-2-4-25(23)32-9-11-33(12-10-32)27(34)15-18-13-21(29)17-22(30)14-18/h2-4,6,8,13-14,16-17H,5,7,9-12,15H2,1H3. The minimum absolute atomic E-state index is 0.0611. The van der Waals surface area contributed by atoms with Gasteiger partial charge in [0.05, 0.1) is 13.5 Å². The van der Waals surface area contributed by atoms with Crippen molar-refractivity contribution in [2.24, 2.45) is 0 Å². The molecule has 0 aliphatic carbocycles. The van der Waals surface area contributed by atoms with Crippen LogP contribution in [0.3, 0.4) is 0 Å². The van der Waals surface area contributed by atoms with Gasteiger partial charge in [-0.15, -0.1) is 0 Å². The molecule has 3 aromatic carbocycles. The third-order valence-corrected chi connectivity index (χ3v) is 6.72. The van der Waals surface area contributed by atoms with Gasteiger partial charge in [-0.2, -0.15) is 0 Å². The van der Waals surface area contributed by atoms with Gasteiger partial charge in [0, 0.05) is 48.0 Å². The molecule has 0 unspecified atom stereocenters. The Morgan fingerprint density at radius 1 is 0.943 bits per heavy atom. The fourth-order valence-electron chi connectivity index (χ4n) is 4.49. The number of anilines is 1. The zero-order valence-electron chi connectivity index (χ0n) is 19.4. The van der Waals surface area contributed by atoms with E-state index in [-0.39, 0.29) is 18.1 Å². The minimum atomic E-state index is -0.697. The van der Waals surface area contributed by atoms with Crippen molar-refractivity contribution in [2.75, 3.05) is 38.2 Å². The third-order valence-electron chi connectivity index (χ3n) is 6.23. The molecule has 1 amide bonds. The van der Waals surface area contributed by atoms with Gasteiger partial charge in [-0.3, -0.25) is 4.79 Å². The lowest BCUT2D eigenvalue weighted by Gasteiger charge is -2.37. The largest absolute Gasteiger partial charge is 0.496 e. The lowest BCUT2D eigenvalue weighted by molar-refractivity contribution is -0.130. The molecule has 35 heavy (non-hydrogen) atoms. The minimum Gasteiger partial charge on any atom is -0.496 e. The van der Waals surface area contributed by atoms with Gasteiger partial charge in [0.2, 0.25) is 5.91 Å². The molecule has 0 aromatic heterocycles. The molecule has 0 N–H and O–H groups in total. The molecule has 4 rings (SSSR count). The van der Waals surface area contributed by atoms with E-state index < -0.39 is 11.6 Å². The molecule has 0 radical (unpaired) electrons. The second-order valence-corrected chi connectivity index (χ2v) is 9.43. The Hall–Kier alpha value is -3.00. The molecule has 0 spiro atoms. The number of benzene rings is 3. The van der Waals surface area contributed by atoms with Gasteiger partial charge in [-0.05, 0) is 66.4 Å². The summed E-state index contributed by atoms with van der Waals surface area (Å²) in [6.07, 6.45) is 1.05. The van der Waals surface area contributed by atoms with Crippen molar-refractivity contribution in [1.82, 2.24) is 4.90 Å². The maximum Gasteiger partial charge on any atom is 0.227 e. The van der Waals surface area contributed by atoms with Crippen LogP contribution >= 0.6 is 15.9 Å². The quantitative estimate of drug-likeness (QED) is 0.389. The number of methoxy groups -OCH3 is 1. The Morgan fingerprint density at radius 3 is 2.34 bits per heavy atom. The van der Waals surface area contributed by atoms with Crippen molar-refractivity contribution in [3.63, 3.8) is 0 Å². The fraction of sp³-hybridized carbons (Fsp3) is 0.296. The highest BCUT2D eigenvalue weighted by Gasteiger charge is 2.24. The molecule has 1 saturated heterocycles. The van der Waals surface area contributed by atoms with Gasteiger partial charge in [0.15, 0.2) is 0 Å². The van der Waals surface area contributed by atoms with Crippen LogP contribution < -0.4 is 9.64 Å². The van der Waals surface area contributed by atoms with Crippen LogP contribution in [0.4, 0.5) is 18.9 Å². The number of hydrogen-bond acceptors (Lipinski definition) is 3. The highest BCUT2D eigenvalue weighted by molar-refractivity contribution is 9.10. The van der Waals surface area contributed by atoms with Gasteiger partial charge in [-0.25, -0.2) is 13.2 Å². The molecule has 1 aliphatic rings. The summed E-state index contributed by atoms with van der Waals surface area (Å²) in [6, 6.07) is 14.0. The van der Waals surface area contributed by atoms with E-state index in [9.17, 15) is 18.0 Å². The van der Waals surface area contributed by atoms with E-state index >= 15 is 0 Å². The zero-order valence-corrected chi connectivity index (χ0v) is 21.0. The molecule has 4 nitrogen and oxygen atoms in total. The van der Waals surface area contributed by atoms with Crippen LogP contribution in [0.5, 0.6) is 5.75 Å². The van der Waals surface area contributed by atoms with Crippen molar-refractivity contribution < 1.29 is 22.7 Å². The van der Waals surface area contributed by atoms with Crippen LogP contribution in [-0.4, -0.2) is 44.1 Å². The van der Waals surface area contributed by atoms with Crippen LogP contribution in [0.2, 0.25) is 0 Å². The predicted molar refractivity (Wildman–Crippen MR) is 133 cm³/mol. The molecule has 0 saturated carbocycles. The SMILES string of the molecule is COc1ccc(Br)cc1CCc1c(F)cccc1N1CCN(C(=O)Cc2cc(F)cc(F)c2)CC1. The van der Waals surface area contributed by atoms with Gasteiger partial charge < -0.3 is 14.5 Å². The molecule has 0 bridgehead atoms. The monoisotopic (exact) mass is 546 g/mol. The molecular weight excluding hydrogens is 521 g/mol. The molecule has 1 aliphatic heterocycles. The number of halogens is 4. The number of carbonyl (C=O) groups excluding carboxylic acids is 1. The first-order chi connectivity index (χ1) is 16.8. The third kappa shape index (κ3) is 6.17. The van der Waals surface area contributed by atoms with Gasteiger partial charge >= 0.3 is 0 Å². The van der Waals surface area contributed by atoms with Crippen molar-refractivity contribution in [1.29, 1.82) is 0 Å². The highest BCUT2D eigenvalue weighted by atomic mass is 79.9. The second kappa shape index (κ2) is 11.2. The number of nitrogens with zero attached hydrogens (tertiary/aromatic N) is 2. The number of ether oxygens (including phenoxy) is 1. The van der Waals surface area contributed by atoms with Crippen LogP contribution in [0.1, 0.15) is 16.7 Å². The van der Waals surface area contributed by atoms with Crippen LogP contribution in [0, 0.1) is 17.5 Å². The normalized spacial score (nSPS) is 13.7. The average molecular weight is 547 g/mol. The Bertz CT molecular complexity index is 1190. The summed E-state index contributed by atoms with van der Waals surface area (Å²) in [5.74, 6) is -1.08. The molecule has 184 valence electrons. The summed E-state index contributed by atoms with van der Waals surface area (Å²) >= 11 is 3.48. The summed E-state index contributed by atoms with van der Waals surface area (Å²) in [4.78, 5) is 16.5. The van der Waals surface area contributed by atoms with Crippen molar-refractivity contribution in [3.05, 3.63) is 93.2 Å². The summed E-state index contributed by atoms with van der Waals surface area (Å²) in [5, 5.41) is 0. The molecule has 0 atom stereocenters. The maximum atomic E-state index is 14.9. The molecule has 1 fully saturated rings.